The highest BCUT2D eigenvalue weighted by atomic mass is 16.6. The van der Waals surface area contributed by atoms with E-state index in [0.29, 0.717) is 6.04 Å². The molecule has 122 valence electrons. The van der Waals surface area contributed by atoms with Gasteiger partial charge in [-0.25, -0.2) is 4.79 Å². The van der Waals surface area contributed by atoms with Gasteiger partial charge in [0.15, 0.2) is 0 Å². The molecule has 1 aromatic rings. The van der Waals surface area contributed by atoms with Gasteiger partial charge in [0, 0.05) is 31.4 Å². The number of aromatic nitrogens is 1. The number of hydrogen-bond donors (Lipinski definition) is 1. The molecule has 2 heterocycles. The van der Waals surface area contributed by atoms with Gasteiger partial charge in [-0.05, 0) is 52.7 Å². The summed E-state index contributed by atoms with van der Waals surface area (Å²) in [6.07, 6.45) is 3.40. The van der Waals surface area contributed by atoms with Crippen LogP contribution >= 0.6 is 0 Å². The first-order valence-electron chi connectivity index (χ1n) is 7.99. The van der Waals surface area contributed by atoms with Crippen LogP contribution in [0.2, 0.25) is 0 Å². The summed E-state index contributed by atoms with van der Waals surface area (Å²) in [5.74, 6) is 0. The molecule has 2 rings (SSSR count). The number of carbonyl (C=O) groups is 1. The summed E-state index contributed by atoms with van der Waals surface area (Å²) in [7, 11) is 0. The van der Waals surface area contributed by atoms with Crippen LogP contribution in [0, 0.1) is 0 Å². The van der Waals surface area contributed by atoms with Crippen LogP contribution in [0.5, 0.6) is 0 Å². The predicted molar refractivity (Wildman–Crippen MR) is 86.6 cm³/mol. The minimum atomic E-state index is -0.446. The summed E-state index contributed by atoms with van der Waals surface area (Å²) in [4.78, 5) is 18.6. The zero-order chi connectivity index (χ0) is 16.2. The predicted octanol–water partition coefficient (Wildman–Crippen LogP) is 3.13. The van der Waals surface area contributed by atoms with Crippen molar-refractivity contribution in [3.63, 3.8) is 0 Å². The molecule has 22 heavy (non-hydrogen) atoms. The largest absolute Gasteiger partial charge is 0.444 e. The Balaban J connectivity index is 1.79. The minimum Gasteiger partial charge on any atom is -0.444 e. The zero-order valence-corrected chi connectivity index (χ0v) is 14.0. The molecule has 0 radical (unpaired) electrons. The lowest BCUT2D eigenvalue weighted by Gasteiger charge is -2.36. The Labute approximate surface area is 133 Å². The van der Waals surface area contributed by atoms with Crippen LogP contribution < -0.4 is 5.32 Å². The lowest BCUT2D eigenvalue weighted by Crippen LogP contribution is -2.46. The van der Waals surface area contributed by atoms with Crippen molar-refractivity contribution in [2.75, 3.05) is 13.1 Å². The van der Waals surface area contributed by atoms with Crippen LogP contribution in [0.1, 0.15) is 52.3 Å². The SMILES string of the molecule is CC(c1ccccn1)N1CCC(NC(=O)OC(C)(C)C)CC1. The number of nitrogens with zero attached hydrogens (tertiary/aromatic N) is 2. The number of nitrogens with one attached hydrogen (secondary N) is 1. The number of ether oxygens (including phenoxy) is 1. The Morgan fingerprint density at radius 1 is 1.36 bits per heavy atom. The van der Waals surface area contributed by atoms with Gasteiger partial charge in [0.25, 0.3) is 0 Å². The van der Waals surface area contributed by atoms with Gasteiger partial charge in [0.2, 0.25) is 0 Å². The minimum absolute atomic E-state index is 0.196. The van der Waals surface area contributed by atoms with Crippen LogP contribution in [0.4, 0.5) is 4.79 Å². The van der Waals surface area contributed by atoms with E-state index in [1.807, 2.05) is 39.1 Å². The van der Waals surface area contributed by atoms with Gasteiger partial charge in [0.1, 0.15) is 5.60 Å². The van der Waals surface area contributed by atoms with Crippen LogP contribution in [0.3, 0.4) is 0 Å². The quantitative estimate of drug-likeness (QED) is 0.932. The molecule has 0 saturated carbocycles. The van der Waals surface area contributed by atoms with E-state index in [1.165, 1.54) is 0 Å². The average molecular weight is 305 g/mol. The van der Waals surface area contributed by atoms with E-state index in [1.54, 1.807) is 0 Å². The maximum Gasteiger partial charge on any atom is 0.407 e. The summed E-state index contributed by atoms with van der Waals surface area (Å²) in [6, 6.07) is 6.53. The highest BCUT2D eigenvalue weighted by molar-refractivity contribution is 5.68. The molecular weight excluding hydrogens is 278 g/mol. The fourth-order valence-corrected chi connectivity index (χ4v) is 2.72. The molecule has 1 fully saturated rings. The summed E-state index contributed by atoms with van der Waals surface area (Å²) < 4.78 is 5.31. The van der Waals surface area contributed by atoms with E-state index in [4.69, 9.17) is 4.74 Å². The van der Waals surface area contributed by atoms with Crippen molar-refractivity contribution in [2.45, 2.75) is 58.2 Å². The molecule has 1 unspecified atom stereocenters. The maximum atomic E-state index is 11.8. The van der Waals surface area contributed by atoms with Crippen molar-refractivity contribution in [3.8, 4) is 0 Å². The molecular formula is C17H27N3O2. The lowest BCUT2D eigenvalue weighted by molar-refractivity contribution is 0.0469. The first kappa shape index (κ1) is 16.7. The third-order valence-corrected chi connectivity index (χ3v) is 3.91. The molecule has 0 spiro atoms. The van der Waals surface area contributed by atoms with E-state index < -0.39 is 5.60 Å². The Morgan fingerprint density at radius 2 is 2.05 bits per heavy atom. The standard InChI is InChI=1S/C17H27N3O2/c1-13(15-7-5-6-10-18-15)20-11-8-14(9-12-20)19-16(21)22-17(2,3)4/h5-7,10,13-14H,8-9,11-12H2,1-4H3,(H,19,21). The fourth-order valence-electron chi connectivity index (χ4n) is 2.72. The molecule has 5 heteroatoms. The van der Waals surface area contributed by atoms with Crippen LogP contribution in [-0.4, -0.2) is 40.7 Å². The number of amides is 1. The number of likely N-dealkylation sites (tertiary alicyclic amines) is 1. The van der Waals surface area contributed by atoms with Crippen LogP contribution in [-0.2, 0) is 4.74 Å². The average Bonchev–Trinajstić information content (AvgIpc) is 2.46. The van der Waals surface area contributed by atoms with Crippen molar-refractivity contribution in [1.82, 2.24) is 15.2 Å². The topological polar surface area (TPSA) is 54.5 Å². The molecule has 0 bridgehead atoms. The number of piperidine rings is 1. The molecule has 1 aliphatic rings. The van der Waals surface area contributed by atoms with Gasteiger partial charge in [-0.2, -0.15) is 0 Å². The zero-order valence-electron chi connectivity index (χ0n) is 14.0. The van der Waals surface area contributed by atoms with Gasteiger partial charge < -0.3 is 10.1 Å². The number of carbonyl (C=O) groups excluding carboxylic acids is 1. The Bertz CT molecular complexity index is 476. The molecule has 1 amide bonds. The van der Waals surface area contributed by atoms with Crippen molar-refractivity contribution in [2.24, 2.45) is 0 Å². The second-order valence-corrected chi connectivity index (χ2v) is 6.89. The molecule has 1 N–H and O–H groups in total. The first-order valence-corrected chi connectivity index (χ1v) is 7.99. The van der Waals surface area contributed by atoms with Crippen LogP contribution in [0.15, 0.2) is 24.4 Å². The number of rotatable bonds is 3. The van der Waals surface area contributed by atoms with Gasteiger partial charge in [-0.15, -0.1) is 0 Å². The number of pyridine rings is 1. The number of alkyl carbamates (subject to hydrolysis) is 1. The number of hydrogen-bond acceptors (Lipinski definition) is 4. The molecule has 1 saturated heterocycles. The lowest BCUT2D eigenvalue weighted by atomic mass is 10.0. The monoisotopic (exact) mass is 305 g/mol. The van der Waals surface area contributed by atoms with Crippen molar-refractivity contribution < 1.29 is 9.53 Å². The molecule has 0 aliphatic carbocycles. The molecule has 0 aromatic carbocycles. The summed E-state index contributed by atoms with van der Waals surface area (Å²) in [5.41, 5.74) is 0.652. The molecule has 5 nitrogen and oxygen atoms in total. The fraction of sp³-hybridized carbons (Fsp3) is 0.647. The van der Waals surface area contributed by atoms with Crippen molar-refractivity contribution >= 4 is 6.09 Å². The summed E-state index contributed by atoms with van der Waals surface area (Å²) >= 11 is 0. The molecule has 1 atom stereocenters. The van der Waals surface area contributed by atoms with E-state index in [9.17, 15) is 4.79 Å². The first-order chi connectivity index (χ1) is 10.3. The summed E-state index contributed by atoms with van der Waals surface area (Å²) in [6.45, 7) is 9.73. The Morgan fingerprint density at radius 3 is 2.59 bits per heavy atom. The van der Waals surface area contributed by atoms with E-state index in [0.717, 1.165) is 31.6 Å². The smallest absolute Gasteiger partial charge is 0.407 e. The van der Waals surface area contributed by atoms with Gasteiger partial charge in [-0.3, -0.25) is 9.88 Å². The second kappa shape index (κ2) is 7.09. The highest BCUT2D eigenvalue weighted by Gasteiger charge is 2.26. The molecule has 1 aromatic heterocycles. The Hall–Kier alpha value is -1.62. The normalized spacial score (nSPS) is 18.7. The summed E-state index contributed by atoms with van der Waals surface area (Å²) in [5, 5.41) is 2.97. The third-order valence-electron chi connectivity index (χ3n) is 3.91. The van der Waals surface area contributed by atoms with Crippen LogP contribution in [0.25, 0.3) is 0 Å². The van der Waals surface area contributed by atoms with Gasteiger partial charge in [0.05, 0.1) is 5.69 Å². The van der Waals surface area contributed by atoms with Crippen molar-refractivity contribution in [1.29, 1.82) is 0 Å². The maximum absolute atomic E-state index is 11.8. The van der Waals surface area contributed by atoms with Gasteiger partial charge in [-0.1, -0.05) is 6.07 Å². The third kappa shape index (κ3) is 4.98. The molecule has 1 aliphatic heterocycles. The van der Waals surface area contributed by atoms with E-state index in [-0.39, 0.29) is 12.1 Å². The van der Waals surface area contributed by atoms with Crippen molar-refractivity contribution in [3.05, 3.63) is 30.1 Å². The highest BCUT2D eigenvalue weighted by Crippen LogP contribution is 2.22. The van der Waals surface area contributed by atoms with E-state index in [2.05, 4.69) is 28.2 Å². The second-order valence-electron chi connectivity index (χ2n) is 6.89. The van der Waals surface area contributed by atoms with E-state index >= 15 is 0 Å². The van der Waals surface area contributed by atoms with Gasteiger partial charge >= 0.3 is 6.09 Å². The Kier molecular flexibility index (Phi) is 5.40.